The van der Waals surface area contributed by atoms with E-state index in [1.165, 1.54) is 30.5 Å². The monoisotopic (exact) mass is 487 g/mol. The summed E-state index contributed by atoms with van der Waals surface area (Å²) in [7, 11) is 0. The van der Waals surface area contributed by atoms with Crippen molar-refractivity contribution in [2.24, 2.45) is 0 Å². The average molecular weight is 488 g/mol. The van der Waals surface area contributed by atoms with Gasteiger partial charge in [0.25, 0.3) is 5.69 Å². The Labute approximate surface area is 189 Å². The number of hydrogen-bond donors (Lipinski definition) is 3. The molecule has 0 saturated carbocycles. The zero-order chi connectivity index (χ0) is 23.3. The van der Waals surface area contributed by atoms with Crippen molar-refractivity contribution < 1.29 is 18.1 Å². The molecule has 168 valence electrons. The molecule has 3 N–H and O–H groups in total. The van der Waals surface area contributed by atoms with Crippen molar-refractivity contribution in [3.63, 3.8) is 0 Å². The van der Waals surface area contributed by atoms with E-state index in [0.29, 0.717) is 16.9 Å². The second-order valence-corrected chi connectivity index (χ2v) is 7.03. The molecule has 3 rings (SSSR count). The van der Waals surface area contributed by atoms with Crippen LogP contribution in [0.2, 0.25) is 10.0 Å². The first kappa shape index (κ1) is 23.3. The quantitative estimate of drug-likeness (QED) is 0.220. The fourth-order valence-electron chi connectivity index (χ4n) is 2.49. The molecule has 0 fully saturated rings. The number of alkyl halides is 3. The zero-order valence-corrected chi connectivity index (χ0v) is 17.5. The Hall–Kier alpha value is -3.38. The Bertz CT molecular complexity index is 1130. The van der Waals surface area contributed by atoms with Crippen LogP contribution in [0, 0.1) is 10.1 Å². The normalized spacial score (nSPS) is 11.2. The van der Waals surface area contributed by atoms with Crippen LogP contribution in [0.5, 0.6) is 0 Å². The summed E-state index contributed by atoms with van der Waals surface area (Å²) in [5.74, 6) is -0.322. The summed E-state index contributed by atoms with van der Waals surface area (Å²) in [6.07, 6.45) is -2.77. The number of nitrogens with zero attached hydrogens (tertiary/aromatic N) is 4. The first-order valence-corrected chi connectivity index (χ1v) is 9.63. The minimum absolute atomic E-state index is 0.0106. The summed E-state index contributed by atoms with van der Waals surface area (Å²) in [5, 5.41) is 19.5. The van der Waals surface area contributed by atoms with Crippen LogP contribution in [0.3, 0.4) is 0 Å². The summed E-state index contributed by atoms with van der Waals surface area (Å²) in [6.45, 7) is 0.127. The number of nitro groups is 1. The first-order chi connectivity index (χ1) is 15.1. The molecule has 0 atom stereocenters. The third-order valence-electron chi connectivity index (χ3n) is 3.95. The first-order valence-electron chi connectivity index (χ1n) is 8.88. The summed E-state index contributed by atoms with van der Waals surface area (Å²) in [5.41, 5.74) is -0.780. The van der Waals surface area contributed by atoms with Gasteiger partial charge < -0.3 is 16.0 Å². The topological polar surface area (TPSA) is 118 Å². The summed E-state index contributed by atoms with van der Waals surface area (Å²) in [4.78, 5) is 21.7. The largest absolute Gasteiger partial charge is 0.421 e. The van der Waals surface area contributed by atoms with Crippen molar-refractivity contribution in [1.82, 2.24) is 15.0 Å². The second-order valence-electron chi connectivity index (χ2n) is 6.22. The number of pyridine rings is 1. The molecule has 0 unspecified atom stereocenters. The van der Waals surface area contributed by atoms with Gasteiger partial charge in [0.1, 0.15) is 17.2 Å². The maximum Gasteiger partial charge on any atom is 0.421 e. The molecule has 0 aliphatic rings. The molecule has 1 aromatic carbocycles. The molecular formula is C18H14Cl2F3N7O2. The number of hydrogen-bond acceptors (Lipinski definition) is 8. The van der Waals surface area contributed by atoms with Crippen LogP contribution in [-0.2, 0) is 6.18 Å². The van der Waals surface area contributed by atoms with Gasteiger partial charge in [-0.25, -0.2) is 9.97 Å². The van der Waals surface area contributed by atoms with Gasteiger partial charge in [-0.05, 0) is 18.2 Å². The number of anilines is 4. The standard InChI is InChI=1S/C18H14Cl2F3N7O2/c19-13-2-1-10(7-14(13)20)28-17-27-9-12(18(21,22)23)16(29-17)26-6-5-25-15-8-11(30(31)32)3-4-24-15/h1-4,7-9H,5-6H2,(H,24,25)(H2,26,27,28,29). The van der Waals surface area contributed by atoms with Gasteiger partial charge in [-0.3, -0.25) is 10.1 Å². The maximum atomic E-state index is 13.3. The van der Waals surface area contributed by atoms with Gasteiger partial charge in [-0.15, -0.1) is 0 Å². The summed E-state index contributed by atoms with van der Waals surface area (Å²) >= 11 is 11.8. The Balaban J connectivity index is 1.70. The molecule has 0 amide bonds. The van der Waals surface area contributed by atoms with E-state index in [9.17, 15) is 23.3 Å². The second kappa shape index (κ2) is 9.83. The van der Waals surface area contributed by atoms with Crippen LogP contribution in [-0.4, -0.2) is 33.0 Å². The summed E-state index contributed by atoms with van der Waals surface area (Å²) in [6, 6.07) is 7.00. The highest BCUT2D eigenvalue weighted by Crippen LogP contribution is 2.34. The molecule has 9 nitrogen and oxygen atoms in total. The number of nitrogens with one attached hydrogen (secondary N) is 3. The molecule has 0 radical (unpaired) electrons. The van der Waals surface area contributed by atoms with E-state index in [2.05, 4.69) is 30.9 Å². The van der Waals surface area contributed by atoms with E-state index in [1.807, 2.05) is 0 Å². The predicted octanol–water partition coefficient (Wildman–Crippen LogP) is 5.37. The minimum atomic E-state index is -4.68. The van der Waals surface area contributed by atoms with Crippen LogP contribution in [0.1, 0.15) is 5.56 Å². The van der Waals surface area contributed by atoms with Crippen LogP contribution >= 0.6 is 23.2 Å². The molecule has 0 aliphatic carbocycles. The summed E-state index contributed by atoms with van der Waals surface area (Å²) < 4.78 is 40.0. The van der Waals surface area contributed by atoms with E-state index >= 15 is 0 Å². The van der Waals surface area contributed by atoms with Crippen molar-refractivity contribution in [3.05, 3.63) is 68.4 Å². The third kappa shape index (κ3) is 6.08. The highest BCUT2D eigenvalue weighted by molar-refractivity contribution is 6.42. The Morgan fingerprint density at radius 2 is 1.78 bits per heavy atom. The highest BCUT2D eigenvalue weighted by atomic mass is 35.5. The van der Waals surface area contributed by atoms with Crippen LogP contribution in [0.25, 0.3) is 0 Å². The van der Waals surface area contributed by atoms with E-state index in [-0.39, 0.29) is 35.6 Å². The number of aromatic nitrogens is 3. The average Bonchev–Trinajstić information content (AvgIpc) is 2.73. The van der Waals surface area contributed by atoms with Gasteiger partial charge in [0.15, 0.2) is 0 Å². The van der Waals surface area contributed by atoms with Crippen molar-refractivity contribution in [2.75, 3.05) is 29.0 Å². The molecule has 2 aromatic heterocycles. The van der Waals surface area contributed by atoms with Crippen molar-refractivity contribution >= 4 is 52.2 Å². The number of benzene rings is 1. The van der Waals surface area contributed by atoms with Crippen LogP contribution < -0.4 is 16.0 Å². The SMILES string of the molecule is O=[N+]([O-])c1ccnc(NCCNc2nc(Nc3ccc(Cl)c(Cl)c3)ncc2C(F)(F)F)c1. The van der Waals surface area contributed by atoms with Crippen LogP contribution in [0.4, 0.5) is 42.1 Å². The number of rotatable bonds is 8. The fraction of sp³-hybridized carbons (Fsp3) is 0.167. The van der Waals surface area contributed by atoms with Crippen molar-refractivity contribution in [1.29, 1.82) is 0 Å². The molecule has 2 heterocycles. The lowest BCUT2D eigenvalue weighted by atomic mass is 10.3. The van der Waals surface area contributed by atoms with Crippen LogP contribution in [0.15, 0.2) is 42.7 Å². The van der Waals surface area contributed by atoms with Gasteiger partial charge in [0, 0.05) is 37.2 Å². The molecule has 0 saturated heterocycles. The molecule has 0 bridgehead atoms. The van der Waals surface area contributed by atoms with E-state index in [1.54, 1.807) is 6.07 Å². The van der Waals surface area contributed by atoms with Crippen molar-refractivity contribution in [2.45, 2.75) is 6.18 Å². The smallest absolute Gasteiger partial charge is 0.368 e. The lowest BCUT2D eigenvalue weighted by molar-refractivity contribution is -0.384. The van der Waals surface area contributed by atoms with E-state index in [0.717, 1.165) is 0 Å². The van der Waals surface area contributed by atoms with E-state index < -0.39 is 22.5 Å². The molecular weight excluding hydrogens is 474 g/mol. The van der Waals surface area contributed by atoms with Gasteiger partial charge in [0.2, 0.25) is 5.95 Å². The highest BCUT2D eigenvalue weighted by Gasteiger charge is 2.35. The van der Waals surface area contributed by atoms with Gasteiger partial charge >= 0.3 is 6.18 Å². The maximum absolute atomic E-state index is 13.3. The molecule has 32 heavy (non-hydrogen) atoms. The lowest BCUT2D eigenvalue weighted by Crippen LogP contribution is -2.19. The lowest BCUT2D eigenvalue weighted by Gasteiger charge is -2.15. The van der Waals surface area contributed by atoms with E-state index in [4.69, 9.17) is 23.2 Å². The van der Waals surface area contributed by atoms with Crippen molar-refractivity contribution in [3.8, 4) is 0 Å². The Morgan fingerprint density at radius 1 is 1.03 bits per heavy atom. The molecule has 0 aliphatic heterocycles. The Kier molecular flexibility index (Phi) is 7.15. The van der Waals surface area contributed by atoms with Gasteiger partial charge in [-0.2, -0.15) is 18.2 Å². The molecule has 3 aromatic rings. The predicted molar refractivity (Wildman–Crippen MR) is 115 cm³/mol. The number of halogens is 5. The Morgan fingerprint density at radius 3 is 2.47 bits per heavy atom. The fourth-order valence-corrected chi connectivity index (χ4v) is 2.79. The molecule has 14 heteroatoms. The third-order valence-corrected chi connectivity index (χ3v) is 4.69. The minimum Gasteiger partial charge on any atom is -0.368 e. The van der Waals surface area contributed by atoms with Gasteiger partial charge in [0.05, 0.1) is 21.0 Å². The van der Waals surface area contributed by atoms with Gasteiger partial charge in [-0.1, -0.05) is 23.2 Å². The zero-order valence-electron chi connectivity index (χ0n) is 16.0. The molecule has 0 spiro atoms.